The third-order valence-corrected chi connectivity index (χ3v) is 3.98. The molecule has 0 spiro atoms. The SMILES string of the molecule is CCNC(=NCc1c(CC)nn(C)c1CC)NCCSC.I. The summed E-state index contributed by atoms with van der Waals surface area (Å²) in [4.78, 5) is 4.72. The number of hydrogen-bond acceptors (Lipinski definition) is 3. The third-order valence-electron chi connectivity index (χ3n) is 3.37. The zero-order chi connectivity index (χ0) is 15.7. The molecule has 1 heterocycles. The Bertz CT molecular complexity index is 459. The van der Waals surface area contributed by atoms with Gasteiger partial charge in [-0.1, -0.05) is 13.8 Å². The quantitative estimate of drug-likeness (QED) is 0.283. The van der Waals surface area contributed by atoms with E-state index in [4.69, 9.17) is 4.99 Å². The van der Waals surface area contributed by atoms with Gasteiger partial charge in [0.05, 0.1) is 12.2 Å². The minimum absolute atomic E-state index is 0. The minimum Gasteiger partial charge on any atom is -0.357 e. The van der Waals surface area contributed by atoms with Gasteiger partial charge in [-0.15, -0.1) is 24.0 Å². The van der Waals surface area contributed by atoms with Crippen LogP contribution in [0.25, 0.3) is 0 Å². The van der Waals surface area contributed by atoms with Crippen LogP contribution in [0.2, 0.25) is 0 Å². The fourth-order valence-corrected chi connectivity index (χ4v) is 2.65. The van der Waals surface area contributed by atoms with Crippen LogP contribution in [0.4, 0.5) is 0 Å². The summed E-state index contributed by atoms with van der Waals surface area (Å²) >= 11 is 1.83. The predicted molar refractivity (Wildman–Crippen MR) is 109 cm³/mol. The van der Waals surface area contributed by atoms with Gasteiger partial charge in [-0.25, -0.2) is 4.99 Å². The maximum absolute atomic E-state index is 4.72. The molecule has 0 bridgehead atoms. The van der Waals surface area contributed by atoms with Crippen molar-refractivity contribution >= 4 is 41.7 Å². The van der Waals surface area contributed by atoms with E-state index in [-0.39, 0.29) is 24.0 Å². The largest absolute Gasteiger partial charge is 0.357 e. The maximum Gasteiger partial charge on any atom is 0.191 e. The molecule has 22 heavy (non-hydrogen) atoms. The molecule has 128 valence electrons. The number of guanidine groups is 1. The van der Waals surface area contributed by atoms with Crippen LogP contribution in [0.5, 0.6) is 0 Å². The van der Waals surface area contributed by atoms with Gasteiger partial charge in [-0.05, 0) is 26.0 Å². The second-order valence-electron chi connectivity index (χ2n) is 4.82. The summed E-state index contributed by atoms with van der Waals surface area (Å²) in [5.41, 5.74) is 3.73. The van der Waals surface area contributed by atoms with Crippen LogP contribution in [0.3, 0.4) is 0 Å². The first-order valence-corrected chi connectivity index (χ1v) is 9.11. The van der Waals surface area contributed by atoms with Crippen molar-refractivity contribution in [3.8, 4) is 0 Å². The Balaban J connectivity index is 0.00000441. The topological polar surface area (TPSA) is 54.2 Å². The van der Waals surface area contributed by atoms with Crippen LogP contribution < -0.4 is 10.6 Å². The lowest BCUT2D eigenvalue weighted by Gasteiger charge is -2.11. The highest BCUT2D eigenvalue weighted by molar-refractivity contribution is 14.0. The van der Waals surface area contributed by atoms with Gasteiger partial charge in [-0.2, -0.15) is 16.9 Å². The lowest BCUT2D eigenvalue weighted by molar-refractivity contribution is 0.703. The molecule has 5 nitrogen and oxygen atoms in total. The molecular weight excluding hydrogens is 409 g/mol. The van der Waals surface area contributed by atoms with Crippen molar-refractivity contribution in [2.45, 2.75) is 40.2 Å². The first-order chi connectivity index (χ1) is 10.2. The molecule has 0 atom stereocenters. The standard InChI is InChI=1S/C15H29N5S.HI/c1-6-13-12(14(7-2)20(4)19-13)11-18-15(16-8-3)17-9-10-21-5;/h6-11H2,1-5H3,(H2,16,17,18);1H. The zero-order valence-electron chi connectivity index (χ0n) is 14.4. The van der Waals surface area contributed by atoms with Crippen LogP contribution >= 0.6 is 35.7 Å². The summed E-state index contributed by atoms with van der Waals surface area (Å²) < 4.78 is 2.00. The molecule has 0 amide bonds. The van der Waals surface area contributed by atoms with E-state index >= 15 is 0 Å². The number of nitrogens with one attached hydrogen (secondary N) is 2. The summed E-state index contributed by atoms with van der Waals surface area (Å²) in [7, 11) is 2.02. The smallest absolute Gasteiger partial charge is 0.191 e. The number of rotatable bonds is 8. The first-order valence-electron chi connectivity index (χ1n) is 7.72. The van der Waals surface area contributed by atoms with Crippen molar-refractivity contribution in [3.05, 3.63) is 17.0 Å². The molecule has 0 aliphatic carbocycles. The number of aryl methyl sites for hydroxylation is 2. The number of aliphatic imine (C=N–C) groups is 1. The highest BCUT2D eigenvalue weighted by atomic mass is 127. The van der Waals surface area contributed by atoms with Crippen molar-refractivity contribution in [2.24, 2.45) is 12.0 Å². The maximum atomic E-state index is 4.72. The van der Waals surface area contributed by atoms with E-state index < -0.39 is 0 Å². The van der Waals surface area contributed by atoms with Gasteiger partial charge in [0.2, 0.25) is 0 Å². The van der Waals surface area contributed by atoms with Gasteiger partial charge >= 0.3 is 0 Å². The molecule has 0 aliphatic rings. The molecule has 0 radical (unpaired) electrons. The fourth-order valence-electron chi connectivity index (χ4n) is 2.34. The molecule has 0 unspecified atom stereocenters. The monoisotopic (exact) mass is 439 g/mol. The van der Waals surface area contributed by atoms with E-state index in [1.807, 2.05) is 23.5 Å². The molecule has 7 heteroatoms. The summed E-state index contributed by atoms with van der Waals surface area (Å²) in [5.74, 6) is 1.97. The highest BCUT2D eigenvalue weighted by Gasteiger charge is 2.13. The van der Waals surface area contributed by atoms with Crippen molar-refractivity contribution in [3.63, 3.8) is 0 Å². The Morgan fingerprint density at radius 3 is 2.50 bits per heavy atom. The summed E-state index contributed by atoms with van der Waals surface area (Å²) in [5, 5.41) is 11.3. The second-order valence-corrected chi connectivity index (χ2v) is 5.80. The normalized spacial score (nSPS) is 11.2. The molecule has 1 aromatic rings. The third kappa shape index (κ3) is 6.36. The van der Waals surface area contributed by atoms with Crippen molar-refractivity contribution < 1.29 is 0 Å². The minimum atomic E-state index is 0. The molecule has 1 aromatic heterocycles. The number of nitrogens with zero attached hydrogens (tertiary/aromatic N) is 3. The van der Waals surface area contributed by atoms with Crippen LogP contribution in [0.1, 0.15) is 37.7 Å². The van der Waals surface area contributed by atoms with Gasteiger partial charge in [0.1, 0.15) is 0 Å². The zero-order valence-corrected chi connectivity index (χ0v) is 17.5. The molecule has 0 aromatic carbocycles. The fraction of sp³-hybridized carbons (Fsp3) is 0.733. The number of hydrogen-bond donors (Lipinski definition) is 2. The molecule has 0 fully saturated rings. The summed E-state index contributed by atoms with van der Waals surface area (Å²) in [6.45, 7) is 8.91. The van der Waals surface area contributed by atoms with Crippen LogP contribution in [-0.2, 0) is 26.4 Å². The van der Waals surface area contributed by atoms with Crippen LogP contribution in [0, 0.1) is 0 Å². The Hall–Kier alpha value is -0.440. The molecule has 0 saturated carbocycles. The van der Waals surface area contributed by atoms with E-state index in [9.17, 15) is 0 Å². The number of thioether (sulfide) groups is 1. The summed E-state index contributed by atoms with van der Waals surface area (Å²) in [6, 6.07) is 0. The van der Waals surface area contributed by atoms with E-state index in [1.165, 1.54) is 11.3 Å². The van der Waals surface area contributed by atoms with Gasteiger partial charge < -0.3 is 10.6 Å². The predicted octanol–water partition coefficient (Wildman–Crippen LogP) is 2.58. The highest BCUT2D eigenvalue weighted by Crippen LogP contribution is 2.16. The molecule has 1 rings (SSSR count). The van der Waals surface area contributed by atoms with Crippen molar-refractivity contribution in [2.75, 3.05) is 25.1 Å². The Morgan fingerprint density at radius 1 is 1.23 bits per heavy atom. The number of halogens is 1. The Kier molecular flexibility index (Phi) is 11.8. The number of aromatic nitrogens is 2. The van der Waals surface area contributed by atoms with Crippen LogP contribution in [0.15, 0.2) is 4.99 Å². The lowest BCUT2D eigenvalue weighted by atomic mass is 10.1. The van der Waals surface area contributed by atoms with Crippen LogP contribution in [-0.4, -0.2) is 40.8 Å². The van der Waals surface area contributed by atoms with E-state index in [1.54, 1.807) is 0 Å². The van der Waals surface area contributed by atoms with E-state index in [0.717, 1.165) is 43.3 Å². The molecule has 0 saturated heterocycles. The summed E-state index contributed by atoms with van der Waals surface area (Å²) in [6.07, 6.45) is 4.06. The Labute approximate surface area is 156 Å². The van der Waals surface area contributed by atoms with Gasteiger partial charge in [0.15, 0.2) is 5.96 Å². The average Bonchev–Trinajstić information content (AvgIpc) is 2.80. The first kappa shape index (κ1) is 21.6. The Morgan fingerprint density at radius 2 is 1.95 bits per heavy atom. The lowest BCUT2D eigenvalue weighted by Crippen LogP contribution is -2.38. The van der Waals surface area contributed by atoms with E-state index in [2.05, 4.69) is 42.8 Å². The molecule has 0 aliphatic heterocycles. The van der Waals surface area contributed by atoms with Gasteiger partial charge in [0.25, 0.3) is 0 Å². The molecular formula is C15H30IN5S. The van der Waals surface area contributed by atoms with Crippen molar-refractivity contribution in [1.82, 2.24) is 20.4 Å². The second kappa shape index (κ2) is 12.0. The molecule has 2 N–H and O–H groups in total. The average molecular weight is 439 g/mol. The van der Waals surface area contributed by atoms with Gasteiger partial charge in [-0.3, -0.25) is 4.68 Å². The van der Waals surface area contributed by atoms with E-state index in [0.29, 0.717) is 6.54 Å². The van der Waals surface area contributed by atoms with Crippen molar-refractivity contribution in [1.29, 1.82) is 0 Å². The van der Waals surface area contributed by atoms with Gasteiger partial charge in [0, 0.05) is 37.1 Å².